The standard InChI is InChI=1S/C24H40N2O/c1-21(2)12-7-8-15-23-24(22-13-5-3-6-14-22)27-20-26(23)19-11-18-25-16-9-4-10-17-25/h3,5-6,13-14,21,23-24H,4,7-12,15-20H2,1-2H3. The van der Waals surface area contributed by atoms with Crippen LogP contribution in [-0.2, 0) is 4.74 Å². The number of nitrogens with zero attached hydrogens (tertiary/aromatic N) is 2. The molecule has 0 saturated carbocycles. The van der Waals surface area contributed by atoms with Crippen molar-refractivity contribution in [3.8, 4) is 0 Å². The average Bonchev–Trinajstić information content (AvgIpc) is 3.09. The molecule has 2 aliphatic rings. The molecule has 2 fully saturated rings. The number of unbranched alkanes of at least 4 members (excludes halogenated alkanes) is 1. The molecular weight excluding hydrogens is 332 g/mol. The van der Waals surface area contributed by atoms with E-state index in [4.69, 9.17) is 4.74 Å². The van der Waals surface area contributed by atoms with Crippen molar-refractivity contribution in [1.29, 1.82) is 0 Å². The van der Waals surface area contributed by atoms with Gasteiger partial charge in [0.15, 0.2) is 0 Å². The predicted octanol–water partition coefficient (Wildman–Crippen LogP) is 5.48. The van der Waals surface area contributed by atoms with Gasteiger partial charge in [-0.25, -0.2) is 0 Å². The molecule has 0 amide bonds. The van der Waals surface area contributed by atoms with Crippen molar-refractivity contribution < 1.29 is 4.74 Å². The van der Waals surface area contributed by atoms with Crippen molar-refractivity contribution in [3.63, 3.8) is 0 Å². The number of rotatable bonds is 10. The fourth-order valence-electron chi connectivity index (χ4n) is 4.69. The predicted molar refractivity (Wildman–Crippen MR) is 114 cm³/mol. The number of likely N-dealkylation sites (tertiary alicyclic amines) is 1. The highest BCUT2D eigenvalue weighted by Gasteiger charge is 2.35. The van der Waals surface area contributed by atoms with Crippen LogP contribution < -0.4 is 0 Å². The zero-order valence-corrected chi connectivity index (χ0v) is 17.6. The lowest BCUT2D eigenvalue weighted by Crippen LogP contribution is -2.36. The van der Waals surface area contributed by atoms with Crippen LogP contribution >= 0.6 is 0 Å². The minimum Gasteiger partial charge on any atom is -0.357 e. The van der Waals surface area contributed by atoms with Gasteiger partial charge in [0.2, 0.25) is 0 Å². The lowest BCUT2D eigenvalue weighted by molar-refractivity contribution is 0.0871. The van der Waals surface area contributed by atoms with E-state index < -0.39 is 0 Å². The number of benzene rings is 1. The smallest absolute Gasteiger partial charge is 0.100 e. The zero-order chi connectivity index (χ0) is 18.9. The summed E-state index contributed by atoms with van der Waals surface area (Å²) in [6.45, 7) is 10.5. The van der Waals surface area contributed by atoms with E-state index in [1.54, 1.807) is 0 Å². The van der Waals surface area contributed by atoms with E-state index in [1.165, 1.54) is 83.1 Å². The van der Waals surface area contributed by atoms with Crippen molar-refractivity contribution in [2.75, 3.05) is 32.9 Å². The minimum atomic E-state index is 0.250. The molecule has 3 rings (SSSR count). The van der Waals surface area contributed by atoms with Crippen LogP contribution in [0.15, 0.2) is 30.3 Å². The average molecular weight is 373 g/mol. The maximum Gasteiger partial charge on any atom is 0.100 e. The van der Waals surface area contributed by atoms with Crippen molar-refractivity contribution in [3.05, 3.63) is 35.9 Å². The van der Waals surface area contributed by atoms with Gasteiger partial charge in [0, 0.05) is 12.6 Å². The molecule has 3 nitrogen and oxygen atoms in total. The second kappa shape index (κ2) is 11.2. The van der Waals surface area contributed by atoms with E-state index in [9.17, 15) is 0 Å². The van der Waals surface area contributed by atoms with Crippen LogP contribution in [0.2, 0.25) is 0 Å². The molecule has 152 valence electrons. The summed E-state index contributed by atoms with van der Waals surface area (Å²) in [7, 11) is 0. The van der Waals surface area contributed by atoms with Crippen LogP contribution in [0, 0.1) is 5.92 Å². The molecule has 0 N–H and O–H groups in total. The first kappa shape index (κ1) is 20.8. The van der Waals surface area contributed by atoms with Crippen molar-refractivity contribution in [2.45, 2.75) is 77.4 Å². The van der Waals surface area contributed by atoms with Gasteiger partial charge in [-0.05, 0) is 56.8 Å². The Hall–Kier alpha value is -0.900. The monoisotopic (exact) mass is 372 g/mol. The summed E-state index contributed by atoms with van der Waals surface area (Å²) < 4.78 is 6.30. The van der Waals surface area contributed by atoms with Gasteiger partial charge in [0.05, 0.1) is 6.10 Å². The van der Waals surface area contributed by atoms with E-state index in [0.717, 1.165) is 12.6 Å². The molecule has 2 heterocycles. The molecule has 2 aliphatic heterocycles. The first-order valence-electron chi connectivity index (χ1n) is 11.4. The molecule has 2 unspecified atom stereocenters. The molecule has 1 aromatic rings. The summed E-state index contributed by atoms with van der Waals surface area (Å²) in [5.41, 5.74) is 1.35. The van der Waals surface area contributed by atoms with Gasteiger partial charge in [0.1, 0.15) is 6.73 Å². The topological polar surface area (TPSA) is 15.7 Å². The van der Waals surface area contributed by atoms with E-state index in [0.29, 0.717) is 6.04 Å². The summed E-state index contributed by atoms with van der Waals surface area (Å²) in [4.78, 5) is 5.28. The van der Waals surface area contributed by atoms with E-state index in [-0.39, 0.29) is 6.10 Å². The van der Waals surface area contributed by atoms with E-state index in [2.05, 4.69) is 54.0 Å². The maximum absolute atomic E-state index is 6.30. The Morgan fingerprint density at radius 2 is 1.74 bits per heavy atom. The van der Waals surface area contributed by atoms with Gasteiger partial charge in [-0.15, -0.1) is 0 Å². The first-order valence-corrected chi connectivity index (χ1v) is 11.4. The fraction of sp³-hybridized carbons (Fsp3) is 0.750. The summed E-state index contributed by atoms with van der Waals surface area (Å²) in [6, 6.07) is 11.4. The van der Waals surface area contributed by atoms with Crippen LogP contribution in [0.3, 0.4) is 0 Å². The Bertz CT molecular complexity index is 512. The molecule has 0 bridgehead atoms. The molecule has 2 saturated heterocycles. The van der Waals surface area contributed by atoms with Gasteiger partial charge in [-0.1, -0.05) is 69.9 Å². The second-order valence-electron chi connectivity index (χ2n) is 8.94. The van der Waals surface area contributed by atoms with Gasteiger partial charge < -0.3 is 9.64 Å². The third-order valence-electron chi connectivity index (χ3n) is 6.27. The summed E-state index contributed by atoms with van der Waals surface area (Å²) in [5.74, 6) is 0.815. The highest BCUT2D eigenvalue weighted by Crippen LogP contribution is 2.34. The highest BCUT2D eigenvalue weighted by atomic mass is 16.5. The normalized spacial score (nSPS) is 24.7. The second-order valence-corrected chi connectivity index (χ2v) is 8.94. The molecule has 27 heavy (non-hydrogen) atoms. The van der Waals surface area contributed by atoms with Crippen LogP contribution in [0.1, 0.15) is 76.9 Å². The van der Waals surface area contributed by atoms with Crippen molar-refractivity contribution in [1.82, 2.24) is 9.80 Å². The molecular formula is C24H40N2O. The lowest BCUT2D eigenvalue weighted by atomic mass is 9.95. The SMILES string of the molecule is CC(C)CCCCC1C(c2ccccc2)OCN1CCCN1CCCCC1. The summed E-state index contributed by atoms with van der Waals surface area (Å²) >= 11 is 0. The molecule has 0 radical (unpaired) electrons. The van der Waals surface area contributed by atoms with Crippen molar-refractivity contribution >= 4 is 0 Å². The third-order valence-corrected chi connectivity index (χ3v) is 6.27. The Balaban J connectivity index is 1.52. The minimum absolute atomic E-state index is 0.250. The van der Waals surface area contributed by atoms with Gasteiger partial charge in [-0.3, -0.25) is 4.90 Å². The lowest BCUT2D eigenvalue weighted by Gasteiger charge is -2.29. The van der Waals surface area contributed by atoms with Crippen LogP contribution in [-0.4, -0.2) is 48.8 Å². The molecule has 1 aromatic carbocycles. The van der Waals surface area contributed by atoms with E-state index >= 15 is 0 Å². The molecule has 0 aliphatic carbocycles. The summed E-state index contributed by atoms with van der Waals surface area (Å²) in [6.07, 6.45) is 11.0. The highest BCUT2D eigenvalue weighted by molar-refractivity contribution is 5.20. The number of ether oxygens (including phenoxy) is 1. The molecule has 3 heteroatoms. The number of hydrogen-bond donors (Lipinski definition) is 0. The van der Waals surface area contributed by atoms with Crippen LogP contribution in [0.25, 0.3) is 0 Å². The molecule has 0 aromatic heterocycles. The molecule has 0 spiro atoms. The van der Waals surface area contributed by atoms with Gasteiger partial charge in [-0.2, -0.15) is 0 Å². The number of piperidine rings is 1. The Morgan fingerprint density at radius 3 is 2.48 bits per heavy atom. The molecule has 2 atom stereocenters. The fourth-order valence-corrected chi connectivity index (χ4v) is 4.69. The quantitative estimate of drug-likeness (QED) is 0.506. The van der Waals surface area contributed by atoms with Crippen LogP contribution in [0.5, 0.6) is 0 Å². The van der Waals surface area contributed by atoms with Crippen LogP contribution in [0.4, 0.5) is 0 Å². The number of hydrogen-bond acceptors (Lipinski definition) is 3. The largest absolute Gasteiger partial charge is 0.357 e. The summed E-state index contributed by atoms with van der Waals surface area (Å²) in [5, 5.41) is 0. The Kier molecular flexibility index (Phi) is 8.63. The third kappa shape index (κ3) is 6.58. The van der Waals surface area contributed by atoms with Crippen molar-refractivity contribution in [2.24, 2.45) is 5.92 Å². The maximum atomic E-state index is 6.30. The Morgan fingerprint density at radius 1 is 0.963 bits per heavy atom. The first-order chi connectivity index (χ1) is 13.2. The van der Waals surface area contributed by atoms with Gasteiger partial charge in [0.25, 0.3) is 0 Å². The zero-order valence-electron chi connectivity index (χ0n) is 17.6. The Labute approximate surface area is 167 Å². The van der Waals surface area contributed by atoms with E-state index in [1.807, 2.05) is 0 Å². The van der Waals surface area contributed by atoms with Gasteiger partial charge >= 0.3 is 0 Å².